The maximum atomic E-state index is 13.2. The van der Waals surface area contributed by atoms with Crippen LogP contribution in [0, 0.1) is 11.7 Å². The minimum Gasteiger partial charge on any atom is -0.366 e. The van der Waals surface area contributed by atoms with Gasteiger partial charge in [-0.2, -0.15) is 0 Å². The van der Waals surface area contributed by atoms with Crippen molar-refractivity contribution in [2.75, 3.05) is 23.3 Å². The number of nitrogens with one attached hydrogen (secondary N) is 1. The number of rotatable bonds is 4. The summed E-state index contributed by atoms with van der Waals surface area (Å²) in [7, 11) is 0. The molecule has 1 aliphatic heterocycles. The molecule has 1 aromatic carbocycles. The molecule has 0 atom stereocenters. The van der Waals surface area contributed by atoms with E-state index in [4.69, 9.17) is 28.9 Å². The van der Waals surface area contributed by atoms with Gasteiger partial charge in [0.2, 0.25) is 11.8 Å². The molecule has 1 aromatic heterocycles. The van der Waals surface area contributed by atoms with E-state index < -0.39 is 11.7 Å². The Labute approximate surface area is 165 Å². The van der Waals surface area contributed by atoms with Crippen LogP contribution in [0.4, 0.5) is 15.9 Å². The lowest BCUT2D eigenvalue weighted by Gasteiger charge is -2.32. The highest BCUT2D eigenvalue weighted by Gasteiger charge is 2.27. The number of carbonyl (C=O) groups excluding carboxylic acids is 2. The maximum absolute atomic E-state index is 13.2. The minimum absolute atomic E-state index is 0.0391. The van der Waals surface area contributed by atoms with E-state index in [0.29, 0.717) is 42.5 Å². The van der Waals surface area contributed by atoms with Crippen LogP contribution in [0.3, 0.4) is 0 Å². The highest BCUT2D eigenvalue weighted by Crippen LogP contribution is 2.29. The maximum Gasteiger partial charge on any atom is 0.250 e. The summed E-state index contributed by atoms with van der Waals surface area (Å²) in [5, 5.41) is 3.07. The van der Waals surface area contributed by atoms with E-state index in [-0.39, 0.29) is 22.4 Å². The summed E-state index contributed by atoms with van der Waals surface area (Å²) >= 11 is 11.9. The summed E-state index contributed by atoms with van der Waals surface area (Å²) in [4.78, 5) is 29.8. The molecule has 1 aliphatic rings. The summed E-state index contributed by atoms with van der Waals surface area (Å²) in [5.74, 6) is -0.887. The van der Waals surface area contributed by atoms with Crippen LogP contribution >= 0.6 is 23.2 Å². The van der Waals surface area contributed by atoms with Gasteiger partial charge in [-0.05, 0) is 37.1 Å². The van der Waals surface area contributed by atoms with Crippen LogP contribution in [0.2, 0.25) is 10.0 Å². The predicted octanol–water partition coefficient (Wildman–Crippen LogP) is 3.48. The molecule has 0 saturated carbocycles. The lowest BCUT2D eigenvalue weighted by molar-refractivity contribution is -0.120. The van der Waals surface area contributed by atoms with Crippen molar-refractivity contribution in [1.82, 2.24) is 4.98 Å². The van der Waals surface area contributed by atoms with Gasteiger partial charge in [0.15, 0.2) is 0 Å². The second-order valence-corrected chi connectivity index (χ2v) is 7.09. The number of pyridine rings is 1. The van der Waals surface area contributed by atoms with Crippen LogP contribution in [0.1, 0.15) is 23.2 Å². The van der Waals surface area contributed by atoms with Crippen molar-refractivity contribution in [1.29, 1.82) is 0 Å². The fourth-order valence-corrected chi connectivity index (χ4v) is 3.44. The second kappa shape index (κ2) is 8.10. The van der Waals surface area contributed by atoms with Gasteiger partial charge in [0.1, 0.15) is 11.6 Å². The highest BCUT2D eigenvalue weighted by molar-refractivity contribution is 6.33. The van der Waals surface area contributed by atoms with E-state index in [1.807, 2.05) is 4.90 Å². The van der Waals surface area contributed by atoms with E-state index in [9.17, 15) is 14.0 Å². The first-order chi connectivity index (χ1) is 12.8. The predicted molar refractivity (Wildman–Crippen MR) is 103 cm³/mol. The van der Waals surface area contributed by atoms with Gasteiger partial charge in [-0.3, -0.25) is 9.59 Å². The zero-order valence-corrected chi connectivity index (χ0v) is 15.7. The number of aromatic nitrogens is 1. The Hall–Kier alpha value is -2.38. The zero-order valence-electron chi connectivity index (χ0n) is 14.2. The topological polar surface area (TPSA) is 88.3 Å². The molecule has 0 spiro atoms. The minimum atomic E-state index is -0.591. The normalized spacial score (nSPS) is 14.9. The van der Waals surface area contributed by atoms with Gasteiger partial charge in [0.25, 0.3) is 0 Å². The molecule has 3 N–H and O–H groups in total. The Bertz CT molecular complexity index is 886. The van der Waals surface area contributed by atoms with Crippen LogP contribution in [0.5, 0.6) is 0 Å². The Kier molecular flexibility index (Phi) is 5.82. The third-order valence-electron chi connectivity index (χ3n) is 4.46. The Morgan fingerprint density at radius 2 is 1.89 bits per heavy atom. The molecule has 1 fully saturated rings. The summed E-state index contributed by atoms with van der Waals surface area (Å²) < 4.78 is 13.2. The Morgan fingerprint density at radius 1 is 1.19 bits per heavy atom. The molecule has 142 valence electrons. The number of carbonyl (C=O) groups is 2. The average molecular weight is 411 g/mol. The molecule has 6 nitrogen and oxygen atoms in total. The van der Waals surface area contributed by atoms with E-state index in [1.54, 1.807) is 0 Å². The van der Waals surface area contributed by atoms with Gasteiger partial charge >= 0.3 is 0 Å². The Balaban J connectivity index is 1.60. The lowest BCUT2D eigenvalue weighted by atomic mass is 9.95. The molecule has 3 rings (SSSR count). The van der Waals surface area contributed by atoms with Crippen molar-refractivity contribution in [2.45, 2.75) is 12.8 Å². The van der Waals surface area contributed by atoms with Crippen molar-refractivity contribution in [3.8, 4) is 0 Å². The molecule has 2 amide bonds. The smallest absolute Gasteiger partial charge is 0.250 e. The lowest BCUT2D eigenvalue weighted by Crippen LogP contribution is -2.38. The van der Waals surface area contributed by atoms with Crippen LogP contribution in [-0.2, 0) is 4.79 Å². The quantitative estimate of drug-likeness (QED) is 0.807. The standard InChI is InChI=1S/C18H17Cl2FN4O2/c19-13-8-12(1-2-15(13)21)24-18(27)10-3-5-25(6-4-10)17-14(20)7-11(9-23-17)16(22)26/h1-2,7-10H,3-6H2,(H2,22,26)(H,24,27). The molecular formula is C18H17Cl2FN4O2. The zero-order chi connectivity index (χ0) is 19.6. The Morgan fingerprint density at radius 3 is 2.48 bits per heavy atom. The molecule has 27 heavy (non-hydrogen) atoms. The molecule has 9 heteroatoms. The number of benzene rings is 1. The molecule has 0 aliphatic carbocycles. The summed E-state index contributed by atoms with van der Waals surface area (Å²) in [6.07, 6.45) is 2.60. The van der Waals surface area contributed by atoms with Gasteiger partial charge in [-0.15, -0.1) is 0 Å². The number of piperidine rings is 1. The number of halogens is 3. The van der Waals surface area contributed by atoms with E-state index in [1.165, 1.54) is 30.5 Å². The largest absolute Gasteiger partial charge is 0.366 e. The van der Waals surface area contributed by atoms with Crippen LogP contribution in [0.25, 0.3) is 0 Å². The van der Waals surface area contributed by atoms with Crippen molar-refractivity contribution in [2.24, 2.45) is 11.7 Å². The van der Waals surface area contributed by atoms with E-state index in [2.05, 4.69) is 10.3 Å². The SMILES string of the molecule is NC(=O)c1cnc(N2CCC(C(=O)Nc3ccc(F)c(Cl)c3)CC2)c(Cl)c1. The molecule has 2 aromatic rings. The molecule has 0 bridgehead atoms. The summed E-state index contributed by atoms with van der Waals surface area (Å²) in [5.41, 5.74) is 5.92. The number of nitrogens with two attached hydrogens (primary N) is 1. The van der Waals surface area contributed by atoms with Crippen molar-refractivity contribution >= 4 is 46.5 Å². The first-order valence-corrected chi connectivity index (χ1v) is 9.07. The van der Waals surface area contributed by atoms with Crippen molar-refractivity contribution in [3.05, 3.63) is 51.9 Å². The van der Waals surface area contributed by atoms with Gasteiger partial charge < -0.3 is 16.0 Å². The van der Waals surface area contributed by atoms with Crippen LogP contribution in [0.15, 0.2) is 30.5 Å². The van der Waals surface area contributed by atoms with Gasteiger partial charge in [0.05, 0.1) is 15.6 Å². The fourth-order valence-electron chi connectivity index (χ4n) is 2.97. The summed E-state index contributed by atoms with van der Waals surface area (Å²) in [6, 6.07) is 5.55. The van der Waals surface area contributed by atoms with Gasteiger partial charge in [-0.25, -0.2) is 9.37 Å². The van der Waals surface area contributed by atoms with Gasteiger partial charge in [-0.1, -0.05) is 23.2 Å². The number of primary amides is 1. The number of hydrogen-bond donors (Lipinski definition) is 2. The number of anilines is 2. The molecule has 2 heterocycles. The summed E-state index contributed by atoms with van der Waals surface area (Å²) in [6.45, 7) is 1.18. The number of amides is 2. The first kappa shape index (κ1) is 19.4. The van der Waals surface area contributed by atoms with Crippen molar-refractivity contribution in [3.63, 3.8) is 0 Å². The van der Waals surface area contributed by atoms with E-state index in [0.717, 1.165) is 0 Å². The number of nitrogens with zero attached hydrogens (tertiary/aromatic N) is 2. The second-order valence-electron chi connectivity index (χ2n) is 6.27. The van der Waals surface area contributed by atoms with Crippen LogP contribution in [-0.4, -0.2) is 29.9 Å². The molecule has 1 saturated heterocycles. The molecule has 0 radical (unpaired) electrons. The first-order valence-electron chi connectivity index (χ1n) is 8.31. The van der Waals surface area contributed by atoms with Crippen LogP contribution < -0.4 is 16.0 Å². The third kappa shape index (κ3) is 4.48. The molecule has 0 unspecified atom stereocenters. The third-order valence-corrected chi connectivity index (χ3v) is 5.03. The molecular weight excluding hydrogens is 394 g/mol. The monoisotopic (exact) mass is 410 g/mol. The van der Waals surface area contributed by atoms with Gasteiger partial charge in [0, 0.05) is 30.9 Å². The number of hydrogen-bond acceptors (Lipinski definition) is 4. The fraction of sp³-hybridized carbons (Fsp3) is 0.278. The highest BCUT2D eigenvalue weighted by atomic mass is 35.5. The average Bonchev–Trinajstić information content (AvgIpc) is 2.64. The van der Waals surface area contributed by atoms with E-state index >= 15 is 0 Å². The van der Waals surface area contributed by atoms with Crippen molar-refractivity contribution < 1.29 is 14.0 Å².